The predicted octanol–water partition coefficient (Wildman–Crippen LogP) is 1.67. The first-order valence-corrected chi connectivity index (χ1v) is 7.74. The highest BCUT2D eigenvalue weighted by molar-refractivity contribution is 7.87. The first-order valence-electron chi connectivity index (χ1n) is 6.23. The maximum Gasteiger partial charge on any atom is 0.318 e. The predicted molar refractivity (Wildman–Crippen MR) is 79.0 cm³/mol. The van der Waals surface area contributed by atoms with Crippen LogP contribution in [0.15, 0.2) is 54.6 Å². The Morgan fingerprint density at radius 3 is 2.43 bits per heavy atom. The molecular formula is C14H13N3O3S. The Kier molecular flexibility index (Phi) is 3.36. The number of rotatable bonds is 4. The molecule has 2 N–H and O–H groups in total. The summed E-state index contributed by atoms with van der Waals surface area (Å²) in [6.07, 6.45) is 0. The van der Waals surface area contributed by atoms with E-state index in [0.717, 1.165) is 9.65 Å². The van der Waals surface area contributed by atoms with E-state index in [9.17, 15) is 8.42 Å². The maximum absolute atomic E-state index is 11.6. The zero-order chi connectivity index (χ0) is 14.9. The molecule has 6 nitrogen and oxygen atoms in total. The Balaban J connectivity index is 1.99. The number of benzene rings is 2. The molecule has 0 bridgehead atoms. The molecule has 0 saturated carbocycles. The molecule has 108 valence electrons. The number of nitrogens with two attached hydrogens (primary N) is 1. The molecule has 3 rings (SSSR count). The van der Waals surface area contributed by atoms with Crippen molar-refractivity contribution in [1.82, 2.24) is 9.19 Å². The molecule has 0 aliphatic carbocycles. The van der Waals surface area contributed by atoms with Gasteiger partial charge in [0.2, 0.25) is 5.88 Å². The van der Waals surface area contributed by atoms with E-state index in [4.69, 9.17) is 9.88 Å². The molecule has 0 aliphatic rings. The van der Waals surface area contributed by atoms with Gasteiger partial charge in [-0.05, 0) is 17.7 Å². The highest BCUT2D eigenvalue weighted by Crippen LogP contribution is 2.25. The van der Waals surface area contributed by atoms with Crippen molar-refractivity contribution in [2.75, 3.05) is 0 Å². The lowest BCUT2D eigenvalue weighted by Crippen LogP contribution is -2.22. The lowest BCUT2D eigenvalue weighted by atomic mass is 10.2. The second-order valence-electron chi connectivity index (χ2n) is 4.48. The van der Waals surface area contributed by atoms with E-state index in [1.807, 2.05) is 30.3 Å². The highest BCUT2D eigenvalue weighted by Gasteiger charge is 2.17. The monoisotopic (exact) mass is 303 g/mol. The Morgan fingerprint density at radius 1 is 1.05 bits per heavy atom. The maximum atomic E-state index is 11.6. The van der Waals surface area contributed by atoms with Gasteiger partial charge < -0.3 is 4.74 Å². The smallest absolute Gasteiger partial charge is 0.318 e. The average molecular weight is 303 g/mol. The van der Waals surface area contributed by atoms with Gasteiger partial charge in [0, 0.05) is 0 Å². The third-order valence-corrected chi connectivity index (χ3v) is 3.74. The van der Waals surface area contributed by atoms with Gasteiger partial charge in [0.1, 0.15) is 6.61 Å². The zero-order valence-corrected chi connectivity index (χ0v) is 11.8. The van der Waals surface area contributed by atoms with E-state index >= 15 is 0 Å². The summed E-state index contributed by atoms with van der Waals surface area (Å²) < 4.78 is 29.5. The highest BCUT2D eigenvalue weighted by atomic mass is 32.2. The van der Waals surface area contributed by atoms with Crippen LogP contribution in [0.5, 0.6) is 5.88 Å². The van der Waals surface area contributed by atoms with Gasteiger partial charge in [-0.3, -0.25) is 0 Å². The Labute approximate surface area is 121 Å². The summed E-state index contributed by atoms with van der Waals surface area (Å²) in [5.74, 6) is 0.239. The minimum Gasteiger partial charge on any atom is -0.471 e. The fraction of sp³-hybridized carbons (Fsp3) is 0.0714. The third kappa shape index (κ3) is 2.74. The van der Waals surface area contributed by atoms with E-state index in [2.05, 4.69) is 5.10 Å². The summed E-state index contributed by atoms with van der Waals surface area (Å²) in [6, 6.07) is 16.4. The summed E-state index contributed by atoms with van der Waals surface area (Å²) in [5, 5.41) is 9.72. The van der Waals surface area contributed by atoms with Crippen LogP contribution in [0.3, 0.4) is 0 Å². The second kappa shape index (κ2) is 5.19. The minimum absolute atomic E-state index is 0.239. The number of fused-ring (bicyclic) bond motifs is 1. The van der Waals surface area contributed by atoms with E-state index in [-0.39, 0.29) is 5.88 Å². The van der Waals surface area contributed by atoms with E-state index in [1.165, 1.54) is 0 Å². The van der Waals surface area contributed by atoms with Crippen molar-refractivity contribution in [3.63, 3.8) is 0 Å². The summed E-state index contributed by atoms with van der Waals surface area (Å²) in [7, 11) is -3.97. The molecule has 0 aliphatic heterocycles. The van der Waals surface area contributed by atoms with E-state index in [0.29, 0.717) is 17.5 Å². The van der Waals surface area contributed by atoms with Crippen molar-refractivity contribution in [1.29, 1.82) is 0 Å². The lowest BCUT2D eigenvalue weighted by molar-refractivity contribution is 0.296. The van der Waals surface area contributed by atoms with Gasteiger partial charge in [-0.15, -0.1) is 9.19 Å². The molecule has 1 heterocycles. The number of aromatic nitrogens is 2. The largest absolute Gasteiger partial charge is 0.471 e. The van der Waals surface area contributed by atoms with Crippen LogP contribution in [0, 0.1) is 0 Å². The van der Waals surface area contributed by atoms with Gasteiger partial charge in [0.05, 0.1) is 10.9 Å². The summed E-state index contributed by atoms with van der Waals surface area (Å²) in [5.41, 5.74) is 1.36. The van der Waals surface area contributed by atoms with Crippen molar-refractivity contribution in [3.05, 3.63) is 60.2 Å². The van der Waals surface area contributed by atoms with Gasteiger partial charge in [-0.25, -0.2) is 5.14 Å². The zero-order valence-electron chi connectivity index (χ0n) is 11.0. The summed E-state index contributed by atoms with van der Waals surface area (Å²) in [4.78, 5) is 0. The topological polar surface area (TPSA) is 87.2 Å². The molecule has 0 spiro atoms. The number of hydrogen-bond donors (Lipinski definition) is 1. The van der Waals surface area contributed by atoms with Crippen LogP contribution in [0.4, 0.5) is 0 Å². The number of para-hydroxylation sites is 1. The van der Waals surface area contributed by atoms with Crippen LogP contribution in [0.25, 0.3) is 10.9 Å². The van der Waals surface area contributed by atoms with Crippen molar-refractivity contribution < 1.29 is 13.2 Å². The molecule has 0 atom stereocenters. The van der Waals surface area contributed by atoms with Crippen LogP contribution < -0.4 is 9.88 Å². The molecule has 1 aromatic heterocycles. The first kappa shape index (κ1) is 13.6. The molecule has 0 unspecified atom stereocenters. The number of nitrogens with zero attached hydrogens (tertiary/aromatic N) is 2. The van der Waals surface area contributed by atoms with Crippen LogP contribution in [-0.4, -0.2) is 17.6 Å². The fourth-order valence-corrected chi connectivity index (χ4v) is 2.66. The molecule has 0 fully saturated rings. The van der Waals surface area contributed by atoms with Crippen molar-refractivity contribution in [3.8, 4) is 5.88 Å². The molecule has 0 radical (unpaired) electrons. The number of ether oxygens (including phenoxy) is 1. The van der Waals surface area contributed by atoms with Gasteiger partial charge in [-0.2, -0.15) is 8.42 Å². The van der Waals surface area contributed by atoms with Crippen LogP contribution in [0.2, 0.25) is 0 Å². The fourth-order valence-electron chi connectivity index (χ4n) is 2.04. The molecule has 0 saturated heterocycles. The third-order valence-electron chi connectivity index (χ3n) is 2.98. The Hall–Kier alpha value is -2.38. The molecule has 7 heteroatoms. The van der Waals surface area contributed by atoms with Crippen molar-refractivity contribution in [2.24, 2.45) is 5.14 Å². The van der Waals surface area contributed by atoms with Gasteiger partial charge in [-0.1, -0.05) is 42.5 Å². The molecule has 21 heavy (non-hydrogen) atoms. The normalized spacial score (nSPS) is 11.7. The molecular weight excluding hydrogens is 290 g/mol. The van der Waals surface area contributed by atoms with Crippen molar-refractivity contribution in [2.45, 2.75) is 6.61 Å². The Morgan fingerprint density at radius 2 is 1.71 bits per heavy atom. The average Bonchev–Trinajstić information content (AvgIpc) is 2.85. The van der Waals surface area contributed by atoms with Gasteiger partial charge in [0.25, 0.3) is 0 Å². The molecule has 3 aromatic rings. The van der Waals surface area contributed by atoms with Crippen molar-refractivity contribution >= 4 is 21.1 Å². The summed E-state index contributed by atoms with van der Waals surface area (Å²) in [6.45, 7) is 0.298. The van der Waals surface area contributed by atoms with Crippen LogP contribution in [0.1, 0.15) is 5.56 Å². The second-order valence-corrected chi connectivity index (χ2v) is 5.86. The van der Waals surface area contributed by atoms with E-state index in [1.54, 1.807) is 24.3 Å². The SMILES string of the molecule is NS(=O)(=O)n1nc(OCc2ccccc2)c2ccccc21. The standard InChI is InChI=1S/C14H13N3O3S/c15-21(18,19)17-13-9-5-4-8-12(13)14(16-17)20-10-11-6-2-1-3-7-11/h1-9H,10H2,(H2,15,18,19). The van der Waals surface area contributed by atoms with E-state index < -0.39 is 10.2 Å². The minimum atomic E-state index is -3.97. The molecule has 2 aromatic carbocycles. The quantitative estimate of drug-likeness (QED) is 0.794. The van der Waals surface area contributed by atoms with Crippen LogP contribution in [-0.2, 0) is 16.8 Å². The van der Waals surface area contributed by atoms with Gasteiger partial charge >= 0.3 is 10.2 Å². The Bertz CT molecular complexity index is 873. The first-order chi connectivity index (χ1) is 10.1. The molecule has 0 amide bonds. The van der Waals surface area contributed by atoms with Crippen LogP contribution >= 0.6 is 0 Å². The van der Waals surface area contributed by atoms with Gasteiger partial charge in [0.15, 0.2) is 0 Å². The summed E-state index contributed by atoms with van der Waals surface area (Å²) >= 11 is 0. The number of hydrogen-bond acceptors (Lipinski definition) is 4. The lowest BCUT2D eigenvalue weighted by Gasteiger charge is -2.03.